The van der Waals surface area contributed by atoms with Crippen LogP contribution in [0.25, 0.3) is 0 Å². The minimum atomic E-state index is -0.875. The van der Waals surface area contributed by atoms with Crippen LogP contribution in [0.2, 0.25) is 0 Å². The first-order valence-corrected chi connectivity index (χ1v) is 7.29. The summed E-state index contributed by atoms with van der Waals surface area (Å²) in [5.41, 5.74) is 0.402. The zero-order chi connectivity index (χ0) is 15.2. The van der Waals surface area contributed by atoms with E-state index in [9.17, 15) is 9.59 Å². The highest BCUT2D eigenvalue weighted by molar-refractivity contribution is 6.05. The van der Waals surface area contributed by atoms with Gasteiger partial charge in [0, 0.05) is 12.6 Å². The minimum absolute atomic E-state index is 0.0842. The van der Waals surface area contributed by atoms with E-state index in [4.69, 9.17) is 4.74 Å². The van der Waals surface area contributed by atoms with E-state index in [2.05, 4.69) is 5.32 Å². The van der Waals surface area contributed by atoms with E-state index in [-0.39, 0.29) is 17.7 Å². The lowest BCUT2D eigenvalue weighted by Crippen LogP contribution is -2.51. The van der Waals surface area contributed by atoms with Gasteiger partial charge in [-0.15, -0.1) is 0 Å². The normalized spacial score (nSPS) is 23.7. The number of benzene rings is 1. The van der Waals surface area contributed by atoms with Crippen LogP contribution in [0, 0.1) is 0 Å². The molecular weight excluding hydrogens is 268 g/mol. The first-order chi connectivity index (χ1) is 9.90. The SMILES string of the molecule is CN1C(=O)C(C)(C)Oc2ccc(C(=O)C3CCCN3)cc21. The molecule has 2 aliphatic rings. The van der Waals surface area contributed by atoms with E-state index < -0.39 is 5.60 Å². The number of nitrogens with one attached hydrogen (secondary N) is 1. The number of amides is 1. The van der Waals surface area contributed by atoms with E-state index in [1.54, 1.807) is 44.0 Å². The highest BCUT2D eigenvalue weighted by Gasteiger charge is 2.39. The molecule has 5 heteroatoms. The average molecular weight is 288 g/mol. The van der Waals surface area contributed by atoms with Gasteiger partial charge in [-0.1, -0.05) is 0 Å². The molecule has 0 bridgehead atoms. The zero-order valence-corrected chi connectivity index (χ0v) is 12.6. The predicted octanol–water partition coefficient (Wildman–Crippen LogP) is 1.76. The molecule has 5 nitrogen and oxygen atoms in total. The molecular formula is C16H20N2O3. The third-order valence-corrected chi connectivity index (χ3v) is 4.17. The van der Waals surface area contributed by atoms with E-state index in [0.717, 1.165) is 19.4 Å². The quantitative estimate of drug-likeness (QED) is 0.842. The van der Waals surface area contributed by atoms with E-state index >= 15 is 0 Å². The first-order valence-electron chi connectivity index (χ1n) is 7.29. The number of ether oxygens (including phenoxy) is 1. The van der Waals surface area contributed by atoms with Crippen molar-refractivity contribution in [2.75, 3.05) is 18.5 Å². The summed E-state index contributed by atoms with van der Waals surface area (Å²) in [6.45, 7) is 4.38. The van der Waals surface area contributed by atoms with Gasteiger partial charge in [-0.2, -0.15) is 0 Å². The zero-order valence-electron chi connectivity index (χ0n) is 12.6. The van der Waals surface area contributed by atoms with Crippen LogP contribution >= 0.6 is 0 Å². The van der Waals surface area contributed by atoms with Gasteiger partial charge in [-0.05, 0) is 51.4 Å². The summed E-state index contributed by atoms with van der Waals surface area (Å²) in [5.74, 6) is 0.609. The fourth-order valence-corrected chi connectivity index (χ4v) is 2.96. The van der Waals surface area contributed by atoms with Crippen LogP contribution in [0.5, 0.6) is 5.75 Å². The minimum Gasteiger partial charge on any atom is -0.476 e. The lowest BCUT2D eigenvalue weighted by atomic mass is 9.99. The van der Waals surface area contributed by atoms with Crippen LogP contribution in [0.1, 0.15) is 37.0 Å². The lowest BCUT2D eigenvalue weighted by molar-refractivity contribution is -0.132. The number of ketones is 1. The number of carbonyl (C=O) groups is 2. The van der Waals surface area contributed by atoms with Crippen molar-refractivity contribution >= 4 is 17.4 Å². The van der Waals surface area contributed by atoms with Gasteiger partial charge in [0.2, 0.25) is 0 Å². The molecule has 0 saturated carbocycles. The number of nitrogens with zero attached hydrogens (tertiary/aromatic N) is 1. The Bertz CT molecular complexity index is 604. The van der Waals surface area contributed by atoms with Gasteiger partial charge in [0.15, 0.2) is 11.4 Å². The van der Waals surface area contributed by atoms with Crippen molar-refractivity contribution in [1.29, 1.82) is 0 Å². The smallest absolute Gasteiger partial charge is 0.270 e. The number of anilines is 1. The van der Waals surface area contributed by atoms with Crippen LogP contribution in [0.3, 0.4) is 0 Å². The van der Waals surface area contributed by atoms with Gasteiger partial charge in [-0.25, -0.2) is 0 Å². The Morgan fingerprint density at radius 1 is 1.43 bits per heavy atom. The maximum atomic E-state index is 12.4. The van der Waals surface area contributed by atoms with E-state index in [1.807, 2.05) is 0 Å². The Balaban J connectivity index is 1.95. The highest BCUT2D eigenvalue weighted by atomic mass is 16.5. The molecule has 1 aromatic rings. The van der Waals surface area contributed by atoms with Crippen molar-refractivity contribution in [3.05, 3.63) is 23.8 Å². The van der Waals surface area contributed by atoms with Crippen LogP contribution in [0.15, 0.2) is 18.2 Å². The summed E-state index contributed by atoms with van der Waals surface area (Å²) in [6.07, 6.45) is 1.89. The molecule has 1 atom stereocenters. The van der Waals surface area contributed by atoms with Crippen molar-refractivity contribution in [2.24, 2.45) is 0 Å². The summed E-state index contributed by atoms with van der Waals surface area (Å²) in [6, 6.07) is 5.21. The van der Waals surface area contributed by atoms with Crippen molar-refractivity contribution < 1.29 is 14.3 Å². The Morgan fingerprint density at radius 2 is 2.19 bits per heavy atom. The second-order valence-corrected chi connectivity index (χ2v) is 6.17. The first kappa shape index (κ1) is 14.1. The third-order valence-electron chi connectivity index (χ3n) is 4.17. The molecule has 1 N–H and O–H groups in total. The summed E-state index contributed by atoms with van der Waals surface area (Å²) in [5, 5.41) is 3.21. The number of Topliss-reactive ketones (excluding diaryl/α,β-unsaturated/α-hetero) is 1. The van der Waals surface area contributed by atoms with E-state index in [0.29, 0.717) is 17.0 Å². The summed E-state index contributed by atoms with van der Waals surface area (Å²) >= 11 is 0. The highest BCUT2D eigenvalue weighted by Crippen LogP contribution is 2.37. The monoisotopic (exact) mass is 288 g/mol. The summed E-state index contributed by atoms with van der Waals surface area (Å²) in [4.78, 5) is 26.3. The maximum Gasteiger partial charge on any atom is 0.270 e. The topological polar surface area (TPSA) is 58.6 Å². The Morgan fingerprint density at radius 3 is 2.86 bits per heavy atom. The second-order valence-electron chi connectivity index (χ2n) is 6.17. The van der Waals surface area contributed by atoms with Gasteiger partial charge in [0.25, 0.3) is 5.91 Å². The maximum absolute atomic E-state index is 12.4. The van der Waals surface area contributed by atoms with Gasteiger partial charge in [0.05, 0.1) is 11.7 Å². The molecule has 1 unspecified atom stereocenters. The molecule has 0 spiro atoms. The van der Waals surface area contributed by atoms with E-state index in [1.165, 1.54) is 0 Å². The fourth-order valence-electron chi connectivity index (χ4n) is 2.96. The number of carbonyl (C=O) groups excluding carboxylic acids is 2. The molecule has 2 heterocycles. The standard InChI is InChI=1S/C16H20N2O3/c1-16(2)15(20)18(3)12-9-10(6-7-13(12)21-16)14(19)11-5-4-8-17-11/h6-7,9,11,17H,4-5,8H2,1-3H3. The van der Waals surface area contributed by atoms with Crippen molar-refractivity contribution in [3.63, 3.8) is 0 Å². The van der Waals surface area contributed by atoms with Gasteiger partial charge < -0.3 is 15.0 Å². The average Bonchev–Trinajstić information content (AvgIpc) is 2.98. The van der Waals surface area contributed by atoms with Crippen molar-refractivity contribution in [3.8, 4) is 5.75 Å². The fraction of sp³-hybridized carbons (Fsp3) is 0.500. The number of likely N-dealkylation sites (N-methyl/N-ethyl adjacent to an activating group) is 1. The van der Waals surface area contributed by atoms with Gasteiger partial charge in [0.1, 0.15) is 5.75 Å². The summed E-state index contributed by atoms with van der Waals surface area (Å²) in [7, 11) is 1.72. The molecule has 1 fully saturated rings. The van der Waals surface area contributed by atoms with Gasteiger partial charge in [-0.3, -0.25) is 9.59 Å². The summed E-state index contributed by atoms with van der Waals surface area (Å²) < 4.78 is 5.74. The lowest BCUT2D eigenvalue weighted by Gasteiger charge is -2.37. The van der Waals surface area contributed by atoms with Crippen LogP contribution < -0.4 is 15.0 Å². The number of fused-ring (bicyclic) bond motifs is 1. The number of rotatable bonds is 2. The molecule has 2 aliphatic heterocycles. The molecule has 0 aliphatic carbocycles. The molecule has 0 aromatic heterocycles. The predicted molar refractivity (Wildman–Crippen MR) is 79.9 cm³/mol. The van der Waals surface area contributed by atoms with Gasteiger partial charge >= 0.3 is 0 Å². The Kier molecular flexibility index (Phi) is 3.24. The van der Waals surface area contributed by atoms with Crippen LogP contribution in [-0.4, -0.2) is 36.9 Å². The molecule has 0 radical (unpaired) electrons. The van der Waals surface area contributed by atoms with Crippen molar-refractivity contribution in [1.82, 2.24) is 5.32 Å². The Labute approximate surface area is 124 Å². The molecule has 3 rings (SSSR count). The molecule has 1 saturated heterocycles. The molecule has 21 heavy (non-hydrogen) atoms. The number of hydrogen-bond donors (Lipinski definition) is 1. The molecule has 1 amide bonds. The third kappa shape index (κ3) is 2.31. The molecule has 112 valence electrons. The Hall–Kier alpha value is -1.88. The van der Waals surface area contributed by atoms with Crippen LogP contribution in [-0.2, 0) is 4.79 Å². The largest absolute Gasteiger partial charge is 0.476 e. The molecule has 1 aromatic carbocycles. The van der Waals surface area contributed by atoms with Crippen molar-refractivity contribution in [2.45, 2.75) is 38.3 Å². The number of hydrogen-bond acceptors (Lipinski definition) is 4. The second kappa shape index (κ2) is 4.84. The van der Waals surface area contributed by atoms with Crippen LogP contribution in [0.4, 0.5) is 5.69 Å².